The molecule has 8 heteroatoms. The number of nitro benzene ring substituents is 1. The zero-order valence-electron chi connectivity index (χ0n) is 17.5. The Morgan fingerprint density at radius 3 is 2.33 bits per heavy atom. The number of hydrogen-bond donors (Lipinski definition) is 0. The maximum absolute atomic E-state index is 12.7. The quantitative estimate of drug-likeness (QED) is 0.539. The van der Waals surface area contributed by atoms with Gasteiger partial charge in [-0.15, -0.1) is 0 Å². The molecule has 8 nitrogen and oxygen atoms in total. The predicted octanol–water partition coefficient (Wildman–Crippen LogP) is 3.39. The highest BCUT2D eigenvalue weighted by Gasteiger charge is 2.29. The summed E-state index contributed by atoms with van der Waals surface area (Å²) < 4.78 is 11.6. The molecule has 3 aliphatic rings. The smallest absolute Gasteiger partial charge is 0.293 e. The third kappa shape index (κ3) is 4.92. The van der Waals surface area contributed by atoms with E-state index < -0.39 is 0 Å². The molecule has 0 unspecified atom stereocenters. The summed E-state index contributed by atoms with van der Waals surface area (Å²) >= 11 is 0. The number of morpholine rings is 1. The van der Waals surface area contributed by atoms with Crippen LogP contribution in [0.15, 0.2) is 18.2 Å². The standard InChI is InChI=1S/C22H31N3O5/c26-22(24-12-14-29-15-13-24)17-6-7-20(21(16-17)25(27)28)23-10-8-19(9-11-23)30-18-4-2-1-3-5-18/h6-7,16,18-19H,1-5,8-15H2. The van der Waals surface area contributed by atoms with Gasteiger partial charge in [0.15, 0.2) is 0 Å². The van der Waals surface area contributed by atoms with Crippen LogP contribution in [0, 0.1) is 10.1 Å². The van der Waals surface area contributed by atoms with Crippen LogP contribution in [0.3, 0.4) is 0 Å². The molecule has 0 radical (unpaired) electrons. The van der Waals surface area contributed by atoms with Crippen LogP contribution in [0.25, 0.3) is 0 Å². The number of rotatable bonds is 5. The van der Waals surface area contributed by atoms with E-state index in [4.69, 9.17) is 9.47 Å². The van der Waals surface area contributed by atoms with Crippen molar-refractivity contribution in [3.63, 3.8) is 0 Å². The number of nitrogens with zero attached hydrogens (tertiary/aromatic N) is 3. The van der Waals surface area contributed by atoms with E-state index in [0.717, 1.165) is 38.8 Å². The van der Waals surface area contributed by atoms with Gasteiger partial charge in [-0.2, -0.15) is 0 Å². The summed E-state index contributed by atoms with van der Waals surface area (Å²) in [7, 11) is 0. The highest BCUT2D eigenvalue weighted by Crippen LogP contribution is 2.33. The zero-order chi connectivity index (χ0) is 20.9. The van der Waals surface area contributed by atoms with Crippen molar-refractivity contribution in [3.05, 3.63) is 33.9 Å². The van der Waals surface area contributed by atoms with E-state index in [1.54, 1.807) is 17.0 Å². The molecule has 1 amide bonds. The molecule has 1 saturated carbocycles. The molecule has 2 aliphatic heterocycles. The van der Waals surface area contributed by atoms with E-state index in [9.17, 15) is 14.9 Å². The largest absolute Gasteiger partial charge is 0.378 e. The first kappa shape index (κ1) is 21.1. The van der Waals surface area contributed by atoms with Gasteiger partial charge in [0.2, 0.25) is 0 Å². The number of carbonyl (C=O) groups is 1. The molecule has 2 saturated heterocycles. The molecule has 1 aromatic rings. The predicted molar refractivity (Wildman–Crippen MR) is 113 cm³/mol. The van der Waals surface area contributed by atoms with Crippen LogP contribution in [0.2, 0.25) is 0 Å². The molecule has 0 spiro atoms. The summed E-state index contributed by atoms with van der Waals surface area (Å²) in [4.78, 5) is 27.8. The lowest BCUT2D eigenvalue weighted by Gasteiger charge is -2.36. The maximum Gasteiger partial charge on any atom is 0.293 e. The minimum Gasteiger partial charge on any atom is -0.378 e. The van der Waals surface area contributed by atoms with Crippen molar-refractivity contribution < 1.29 is 19.2 Å². The molecule has 2 heterocycles. The minimum atomic E-state index is -0.379. The van der Waals surface area contributed by atoms with Gasteiger partial charge in [0, 0.05) is 37.8 Å². The zero-order valence-corrected chi connectivity index (χ0v) is 17.5. The summed E-state index contributed by atoms with van der Waals surface area (Å²) in [6.07, 6.45) is 8.52. The number of nitro groups is 1. The van der Waals surface area contributed by atoms with Crippen molar-refractivity contribution in [2.75, 3.05) is 44.3 Å². The molecule has 0 N–H and O–H groups in total. The van der Waals surface area contributed by atoms with Crippen LogP contribution in [-0.4, -0.2) is 67.3 Å². The van der Waals surface area contributed by atoms with Gasteiger partial charge in [-0.1, -0.05) is 19.3 Å². The van der Waals surface area contributed by atoms with Gasteiger partial charge in [0.1, 0.15) is 5.69 Å². The monoisotopic (exact) mass is 417 g/mol. The summed E-state index contributed by atoms with van der Waals surface area (Å²) in [5.74, 6) is -0.174. The van der Waals surface area contributed by atoms with Crippen molar-refractivity contribution >= 4 is 17.3 Å². The van der Waals surface area contributed by atoms with Crippen molar-refractivity contribution in [1.29, 1.82) is 0 Å². The summed E-state index contributed by atoms with van der Waals surface area (Å²) in [5, 5.41) is 11.8. The number of benzene rings is 1. The fourth-order valence-electron chi connectivity index (χ4n) is 4.73. The first-order chi connectivity index (χ1) is 14.6. The molecule has 0 bridgehead atoms. The van der Waals surface area contributed by atoms with Gasteiger partial charge in [-0.05, 0) is 37.8 Å². The summed E-state index contributed by atoms with van der Waals surface area (Å²) in [6, 6.07) is 4.87. The van der Waals surface area contributed by atoms with E-state index in [2.05, 4.69) is 4.90 Å². The van der Waals surface area contributed by atoms with E-state index in [1.807, 2.05) is 0 Å². The topological polar surface area (TPSA) is 85.2 Å². The fraction of sp³-hybridized carbons (Fsp3) is 0.682. The third-order valence-electron chi connectivity index (χ3n) is 6.44. The average molecular weight is 418 g/mol. The number of amides is 1. The number of ether oxygens (including phenoxy) is 2. The highest BCUT2D eigenvalue weighted by molar-refractivity contribution is 5.96. The van der Waals surface area contributed by atoms with Crippen molar-refractivity contribution in [2.24, 2.45) is 0 Å². The summed E-state index contributed by atoms with van der Waals surface area (Å²) in [5.41, 5.74) is 0.957. The Morgan fingerprint density at radius 1 is 1.00 bits per heavy atom. The van der Waals surface area contributed by atoms with Crippen LogP contribution in [0.1, 0.15) is 55.3 Å². The lowest BCUT2D eigenvalue weighted by molar-refractivity contribution is -0.384. The second-order valence-corrected chi connectivity index (χ2v) is 8.45. The molecular weight excluding hydrogens is 386 g/mol. The molecule has 3 fully saturated rings. The van der Waals surface area contributed by atoms with Crippen LogP contribution < -0.4 is 4.90 Å². The SMILES string of the molecule is O=C(c1ccc(N2CCC(OC3CCCCC3)CC2)c([N+](=O)[O-])c1)N1CCOCC1. The first-order valence-corrected chi connectivity index (χ1v) is 11.2. The molecule has 164 valence electrons. The van der Waals surface area contributed by atoms with Crippen LogP contribution >= 0.6 is 0 Å². The molecule has 0 atom stereocenters. The van der Waals surface area contributed by atoms with Gasteiger partial charge in [-0.3, -0.25) is 14.9 Å². The lowest BCUT2D eigenvalue weighted by Crippen LogP contribution is -2.41. The van der Waals surface area contributed by atoms with E-state index in [0.29, 0.717) is 43.7 Å². The van der Waals surface area contributed by atoms with E-state index in [1.165, 1.54) is 25.3 Å². The number of carbonyl (C=O) groups excluding carboxylic acids is 1. The minimum absolute atomic E-state index is 0.000702. The van der Waals surface area contributed by atoms with Gasteiger partial charge in [0.05, 0.1) is 30.3 Å². The normalized spacial score (nSPS) is 21.6. The Morgan fingerprint density at radius 2 is 1.67 bits per heavy atom. The van der Waals surface area contributed by atoms with Gasteiger partial charge < -0.3 is 19.3 Å². The van der Waals surface area contributed by atoms with Crippen LogP contribution in [0.5, 0.6) is 0 Å². The van der Waals surface area contributed by atoms with Gasteiger partial charge >= 0.3 is 0 Å². The third-order valence-corrected chi connectivity index (χ3v) is 6.44. The molecular formula is C22H31N3O5. The second kappa shape index (κ2) is 9.75. The lowest BCUT2D eigenvalue weighted by atomic mass is 9.97. The average Bonchev–Trinajstić information content (AvgIpc) is 2.80. The van der Waals surface area contributed by atoms with Crippen molar-refractivity contribution in [2.45, 2.75) is 57.2 Å². The Labute approximate surface area is 177 Å². The van der Waals surface area contributed by atoms with Gasteiger partial charge in [-0.25, -0.2) is 0 Å². The Kier molecular flexibility index (Phi) is 6.84. The number of anilines is 1. The molecule has 4 rings (SSSR count). The Hall–Kier alpha value is -2.19. The van der Waals surface area contributed by atoms with Crippen molar-refractivity contribution in [3.8, 4) is 0 Å². The molecule has 1 aromatic carbocycles. The van der Waals surface area contributed by atoms with Gasteiger partial charge in [0.25, 0.3) is 11.6 Å². The number of hydrogen-bond acceptors (Lipinski definition) is 6. The Bertz CT molecular complexity index is 751. The molecule has 0 aromatic heterocycles. The second-order valence-electron chi connectivity index (χ2n) is 8.45. The molecule has 1 aliphatic carbocycles. The Balaban J connectivity index is 1.41. The van der Waals surface area contributed by atoms with E-state index in [-0.39, 0.29) is 22.6 Å². The van der Waals surface area contributed by atoms with E-state index >= 15 is 0 Å². The van der Waals surface area contributed by atoms with Crippen molar-refractivity contribution in [1.82, 2.24) is 4.90 Å². The van der Waals surface area contributed by atoms with Crippen LogP contribution in [0.4, 0.5) is 11.4 Å². The fourth-order valence-corrected chi connectivity index (χ4v) is 4.73. The first-order valence-electron chi connectivity index (χ1n) is 11.2. The van der Waals surface area contributed by atoms with Crippen LogP contribution in [-0.2, 0) is 9.47 Å². The maximum atomic E-state index is 12.7. The number of piperidine rings is 1. The summed E-state index contributed by atoms with van der Waals surface area (Å²) in [6.45, 7) is 3.50. The highest BCUT2D eigenvalue weighted by atomic mass is 16.6. The molecule has 30 heavy (non-hydrogen) atoms.